The molecule has 0 saturated heterocycles. The molecule has 2 rings (SSSR count). The molecule has 1 heterocycles. The summed E-state index contributed by atoms with van der Waals surface area (Å²) >= 11 is 12.1. The summed E-state index contributed by atoms with van der Waals surface area (Å²) in [4.78, 5) is 11.9. The predicted octanol–water partition coefficient (Wildman–Crippen LogP) is 3.44. The maximum atomic E-state index is 11.9. The molecular formula is C13H14Cl2N2O3. The third kappa shape index (κ3) is 2.69. The van der Waals surface area contributed by atoms with Crippen LogP contribution in [0.3, 0.4) is 0 Å². The van der Waals surface area contributed by atoms with Gasteiger partial charge in [-0.1, -0.05) is 44.0 Å². The van der Waals surface area contributed by atoms with Gasteiger partial charge in [0.05, 0.1) is 22.8 Å². The van der Waals surface area contributed by atoms with Gasteiger partial charge < -0.3 is 9.15 Å². The second-order valence-corrected chi connectivity index (χ2v) is 6.09. The first-order chi connectivity index (χ1) is 9.24. The number of ether oxygens (including phenoxy) is 1. The molecule has 0 amide bonds. The fraction of sp³-hybridized carbons (Fsp3) is 0.385. The first-order valence-electron chi connectivity index (χ1n) is 5.88. The Hall–Kier alpha value is -1.46. The molecule has 0 spiro atoms. The van der Waals surface area contributed by atoms with Gasteiger partial charge in [-0.2, -0.15) is 4.68 Å². The third-order valence-corrected chi connectivity index (χ3v) is 3.24. The fourth-order valence-corrected chi connectivity index (χ4v) is 2.11. The van der Waals surface area contributed by atoms with Crippen LogP contribution in [0.25, 0.3) is 5.69 Å². The van der Waals surface area contributed by atoms with Gasteiger partial charge in [0.15, 0.2) is 0 Å². The van der Waals surface area contributed by atoms with Crippen molar-refractivity contribution in [2.24, 2.45) is 0 Å². The van der Waals surface area contributed by atoms with Gasteiger partial charge in [-0.15, -0.1) is 5.10 Å². The van der Waals surface area contributed by atoms with Gasteiger partial charge in [-0.05, 0) is 6.07 Å². The topological polar surface area (TPSA) is 57.3 Å². The lowest BCUT2D eigenvalue weighted by Crippen LogP contribution is -2.15. The highest BCUT2D eigenvalue weighted by Gasteiger charge is 2.24. The molecule has 0 aliphatic rings. The minimum absolute atomic E-state index is 0.284. The Morgan fingerprint density at radius 2 is 1.90 bits per heavy atom. The van der Waals surface area contributed by atoms with Crippen LogP contribution < -0.4 is 10.5 Å². The molecule has 0 fully saturated rings. The average Bonchev–Trinajstić information content (AvgIpc) is 2.71. The van der Waals surface area contributed by atoms with Crippen LogP contribution in [-0.2, 0) is 5.41 Å². The van der Waals surface area contributed by atoms with Crippen LogP contribution in [0, 0.1) is 0 Å². The zero-order valence-corrected chi connectivity index (χ0v) is 13.0. The molecule has 0 unspecified atom stereocenters. The van der Waals surface area contributed by atoms with E-state index in [9.17, 15) is 4.79 Å². The van der Waals surface area contributed by atoms with Crippen molar-refractivity contribution in [3.8, 4) is 11.4 Å². The van der Waals surface area contributed by atoms with Crippen molar-refractivity contribution in [1.82, 2.24) is 9.78 Å². The Labute approximate surface area is 126 Å². The van der Waals surface area contributed by atoms with Crippen LogP contribution in [0.15, 0.2) is 21.3 Å². The van der Waals surface area contributed by atoms with E-state index in [1.807, 2.05) is 20.8 Å². The van der Waals surface area contributed by atoms with Gasteiger partial charge in [0, 0.05) is 11.5 Å². The lowest BCUT2D eigenvalue weighted by atomic mass is 9.97. The van der Waals surface area contributed by atoms with E-state index in [1.165, 1.54) is 13.2 Å². The maximum Gasteiger partial charge on any atom is 0.442 e. The number of hydrogen-bond acceptors (Lipinski definition) is 4. The number of hydrogen-bond donors (Lipinski definition) is 0. The van der Waals surface area contributed by atoms with Crippen LogP contribution in [0.2, 0.25) is 10.0 Å². The van der Waals surface area contributed by atoms with Crippen LogP contribution in [0.5, 0.6) is 5.75 Å². The summed E-state index contributed by atoms with van der Waals surface area (Å²) < 4.78 is 11.4. The van der Waals surface area contributed by atoms with Gasteiger partial charge in [0.2, 0.25) is 5.89 Å². The van der Waals surface area contributed by atoms with E-state index in [0.29, 0.717) is 22.4 Å². The van der Waals surface area contributed by atoms with Crippen molar-refractivity contribution < 1.29 is 9.15 Å². The molecule has 2 aromatic rings. The zero-order valence-electron chi connectivity index (χ0n) is 11.5. The highest BCUT2D eigenvalue weighted by Crippen LogP contribution is 2.32. The molecule has 1 aromatic heterocycles. The maximum absolute atomic E-state index is 11.9. The average molecular weight is 317 g/mol. The van der Waals surface area contributed by atoms with Crippen LogP contribution in [0.1, 0.15) is 26.7 Å². The van der Waals surface area contributed by atoms with Crippen molar-refractivity contribution in [1.29, 1.82) is 0 Å². The molecule has 5 nitrogen and oxygen atoms in total. The third-order valence-electron chi connectivity index (χ3n) is 2.64. The van der Waals surface area contributed by atoms with Crippen LogP contribution in [-0.4, -0.2) is 16.9 Å². The SMILES string of the molecule is COc1cc(-n2nc(C(C)(C)C)oc2=O)c(Cl)cc1Cl. The quantitative estimate of drug-likeness (QED) is 0.851. The van der Waals surface area contributed by atoms with Gasteiger partial charge in [-0.3, -0.25) is 0 Å². The molecule has 0 aliphatic heterocycles. The standard InChI is InChI=1S/C13H14Cl2N2O3/c1-13(2,3)11-16-17(12(18)20-11)9-6-10(19-4)8(15)5-7(9)14/h5-6H,1-4H3. The van der Waals surface area contributed by atoms with Crippen molar-refractivity contribution in [3.63, 3.8) is 0 Å². The summed E-state index contributed by atoms with van der Waals surface area (Å²) in [6, 6.07) is 3.04. The molecule has 0 aliphatic carbocycles. The monoisotopic (exact) mass is 316 g/mol. The van der Waals surface area contributed by atoms with Crippen LogP contribution >= 0.6 is 23.2 Å². The first-order valence-corrected chi connectivity index (χ1v) is 6.63. The van der Waals surface area contributed by atoms with E-state index < -0.39 is 5.76 Å². The zero-order chi connectivity index (χ0) is 15.1. The minimum atomic E-state index is -0.610. The fourth-order valence-electron chi connectivity index (χ4n) is 1.57. The number of nitrogens with zero attached hydrogens (tertiary/aromatic N) is 2. The van der Waals surface area contributed by atoms with E-state index in [1.54, 1.807) is 6.07 Å². The van der Waals surface area contributed by atoms with E-state index in [-0.39, 0.29) is 10.4 Å². The van der Waals surface area contributed by atoms with Gasteiger partial charge in [0.1, 0.15) is 5.75 Å². The van der Waals surface area contributed by atoms with E-state index in [2.05, 4.69) is 5.10 Å². The molecule has 0 bridgehead atoms. The lowest BCUT2D eigenvalue weighted by Gasteiger charge is -2.11. The molecule has 20 heavy (non-hydrogen) atoms. The van der Waals surface area contributed by atoms with E-state index in [4.69, 9.17) is 32.4 Å². The highest BCUT2D eigenvalue weighted by molar-refractivity contribution is 6.36. The molecule has 0 radical (unpaired) electrons. The normalized spacial score (nSPS) is 11.7. The summed E-state index contributed by atoms with van der Waals surface area (Å²) in [5.41, 5.74) is -0.0231. The highest BCUT2D eigenvalue weighted by atomic mass is 35.5. The Morgan fingerprint density at radius 3 is 2.40 bits per heavy atom. The van der Waals surface area contributed by atoms with Crippen molar-refractivity contribution >= 4 is 23.2 Å². The number of aromatic nitrogens is 2. The molecule has 0 N–H and O–H groups in total. The molecule has 0 saturated carbocycles. The minimum Gasteiger partial charge on any atom is -0.495 e. The summed E-state index contributed by atoms with van der Waals surface area (Å²) in [7, 11) is 1.48. The number of methoxy groups -OCH3 is 1. The summed E-state index contributed by atoms with van der Waals surface area (Å²) in [5.74, 6) is 0.118. The van der Waals surface area contributed by atoms with Gasteiger partial charge in [0.25, 0.3) is 0 Å². The van der Waals surface area contributed by atoms with Crippen molar-refractivity contribution in [3.05, 3.63) is 38.6 Å². The molecule has 7 heteroatoms. The Balaban J connectivity index is 2.63. The second kappa shape index (κ2) is 5.14. The summed E-state index contributed by atoms with van der Waals surface area (Å²) in [6.45, 7) is 5.69. The summed E-state index contributed by atoms with van der Waals surface area (Å²) in [6.07, 6.45) is 0. The Morgan fingerprint density at radius 1 is 1.25 bits per heavy atom. The van der Waals surface area contributed by atoms with E-state index in [0.717, 1.165) is 4.68 Å². The largest absolute Gasteiger partial charge is 0.495 e. The van der Waals surface area contributed by atoms with Gasteiger partial charge in [-0.25, -0.2) is 4.79 Å². The Bertz CT molecular complexity index is 699. The molecule has 108 valence electrons. The smallest absolute Gasteiger partial charge is 0.442 e. The lowest BCUT2D eigenvalue weighted by molar-refractivity contribution is 0.375. The second-order valence-electron chi connectivity index (χ2n) is 5.27. The number of benzene rings is 1. The number of halogens is 2. The summed E-state index contributed by atoms with van der Waals surface area (Å²) in [5, 5.41) is 4.81. The van der Waals surface area contributed by atoms with Gasteiger partial charge >= 0.3 is 5.76 Å². The van der Waals surface area contributed by atoms with E-state index >= 15 is 0 Å². The number of rotatable bonds is 2. The van der Waals surface area contributed by atoms with Crippen molar-refractivity contribution in [2.75, 3.05) is 7.11 Å². The molecule has 1 aromatic carbocycles. The molecular weight excluding hydrogens is 303 g/mol. The van der Waals surface area contributed by atoms with Crippen LogP contribution in [0.4, 0.5) is 0 Å². The first kappa shape index (κ1) is 14.9. The molecule has 0 atom stereocenters. The predicted molar refractivity (Wildman–Crippen MR) is 77.4 cm³/mol. The van der Waals surface area contributed by atoms with Crippen molar-refractivity contribution in [2.45, 2.75) is 26.2 Å². The Kier molecular flexibility index (Phi) is 3.84.